The van der Waals surface area contributed by atoms with E-state index in [9.17, 15) is 0 Å². The molecule has 0 spiro atoms. The number of nitrogens with zero attached hydrogens (tertiary/aromatic N) is 1. The third-order valence-corrected chi connectivity index (χ3v) is 11.4. The van der Waals surface area contributed by atoms with Gasteiger partial charge in [0.25, 0.3) is 0 Å². The summed E-state index contributed by atoms with van der Waals surface area (Å²) in [6.07, 6.45) is 0. The molecule has 0 aliphatic carbocycles. The minimum Gasteiger partial charge on any atom is -0.456 e. The Hall–Kier alpha value is -6.78. The van der Waals surface area contributed by atoms with Gasteiger partial charge in [0.1, 0.15) is 22.3 Å². The summed E-state index contributed by atoms with van der Waals surface area (Å²) >= 11 is 0. The molecule has 0 aliphatic rings. The third kappa shape index (κ3) is 4.91. The van der Waals surface area contributed by atoms with Crippen LogP contribution in [-0.4, -0.2) is 4.57 Å². The number of furan rings is 2. The maximum Gasteiger partial charge on any atom is 0.137 e. The van der Waals surface area contributed by atoms with Gasteiger partial charge < -0.3 is 18.7 Å². The normalized spacial score (nSPS) is 12.4. The predicted octanol–water partition coefficient (Wildman–Crippen LogP) is 14.8. The number of fused-ring (bicyclic) bond motifs is 10. The van der Waals surface area contributed by atoms with Crippen molar-refractivity contribution in [2.75, 3.05) is 5.32 Å². The lowest BCUT2D eigenvalue weighted by atomic mass is 9.87. The van der Waals surface area contributed by atoms with Crippen molar-refractivity contribution in [2.24, 2.45) is 0 Å². The predicted molar refractivity (Wildman–Crippen MR) is 231 cm³/mol. The number of anilines is 2. The molecule has 55 heavy (non-hydrogen) atoms. The second-order valence-electron chi connectivity index (χ2n) is 15.9. The summed E-state index contributed by atoms with van der Waals surface area (Å²) in [6, 6.07) is 54.5. The van der Waals surface area contributed by atoms with Gasteiger partial charge in [-0.1, -0.05) is 106 Å². The van der Waals surface area contributed by atoms with Gasteiger partial charge in [0.2, 0.25) is 0 Å². The van der Waals surface area contributed by atoms with Crippen LogP contribution in [0.3, 0.4) is 0 Å². The molecule has 0 amide bonds. The molecule has 11 rings (SSSR count). The first kappa shape index (κ1) is 31.7. The fourth-order valence-electron chi connectivity index (χ4n) is 8.74. The van der Waals surface area contributed by atoms with Gasteiger partial charge in [-0.3, -0.25) is 0 Å². The van der Waals surface area contributed by atoms with Crippen LogP contribution in [-0.2, 0) is 5.41 Å². The Morgan fingerprint density at radius 3 is 1.91 bits per heavy atom. The summed E-state index contributed by atoms with van der Waals surface area (Å²) in [7, 11) is 0. The number of aromatic nitrogens is 1. The summed E-state index contributed by atoms with van der Waals surface area (Å²) in [5.41, 5.74) is 13.9. The molecule has 4 heteroatoms. The second kappa shape index (κ2) is 11.6. The van der Waals surface area contributed by atoms with E-state index in [0.29, 0.717) is 0 Å². The molecule has 0 atom stereocenters. The first-order chi connectivity index (χ1) is 26.8. The highest BCUT2D eigenvalue weighted by Gasteiger charge is 2.22. The molecule has 0 unspecified atom stereocenters. The van der Waals surface area contributed by atoms with Crippen molar-refractivity contribution < 1.29 is 8.83 Å². The second-order valence-corrected chi connectivity index (χ2v) is 15.9. The van der Waals surface area contributed by atoms with Crippen molar-refractivity contribution >= 4 is 87.8 Å². The molecule has 0 bridgehead atoms. The first-order valence-corrected chi connectivity index (χ1v) is 19.0. The van der Waals surface area contributed by atoms with E-state index in [2.05, 4.69) is 171 Å². The molecule has 3 heterocycles. The topological polar surface area (TPSA) is 43.2 Å². The lowest BCUT2D eigenvalue weighted by Gasteiger charge is -2.20. The zero-order valence-corrected chi connectivity index (χ0v) is 31.2. The van der Waals surface area contributed by atoms with Crippen molar-refractivity contribution in [2.45, 2.75) is 33.1 Å². The lowest BCUT2D eigenvalue weighted by Crippen LogP contribution is -2.10. The Bertz CT molecular complexity index is 3330. The summed E-state index contributed by atoms with van der Waals surface area (Å²) in [5, 5.41) is 13.1. The highest BCUT2D eigenvalue weighted by Crippen LogP contribution is 2.44. The van der Waals surface area contributed by atoms with Gasteiger partial charge in [-0.2, -0.15) is 0 Å². The number of nitrogens with one attached hydrogen (secondary N) is 1. The average molecular weight is 711 g/mol. The van der Waals surface area contributed by atoms with E-state index in [1.54, 1.807) is 0 Å². The van der Waals surface area contributed by atoms with Gasteiger partial charge in [-0.25, -0.2) is 0 Å². The minimum atomic E-state index is 0.0862. The van der Waals surface area contributed by atoms with Crippen LogP contribution >= 0.6 is 0 Å². The van der Waals surface area contributed by atoms with Crippen molar-refractivity contribution in [1.29, 1.82) is 0 Å². The molecule has 0 fully saturated rings. The van der Waals surface area contributed by atoms with Gasteiger partial charge >= 0.3 is 0 Å². The summed E-state index contributed by atoms with van der Waals surface area (Å²) in [6.45, 7) is 9.01. The van der Waals surface area contributed by atoms with Gasteiger partial charge in [-0.05, 0) is 100 Å². The smallest absolute Gasteiger partial charge is 0.137 e. The average Bonchev–Trinajstić information content (AvgIpc) is 3.85. The molecule has 0 saturated carbocycles. The molecular formula is C51H38N2O2. The Kier molecular flexibility index (Phi) is 6.69. The van der Waals surface area contributed by atoms with E-state index in [1.807, 2.05) is 18.2 Å². The third-order valence-electron chi connectivity index (χ3n) is 11.4. The maximum absolute atomic E-state index is 6.50. The standard InChI is InChI=1S/C51H38N2O2/c1-30-25-32(50-36-12-6-5-11-31(36)17-23-42(50)52-34-20-18-33(19-21-34)51(2,3)4)26-44-49(30)41-28-40-38-14-8-10-16-46(38)55-48(40)29-43(41)53(44)35-22-24-47-39(27-35)37-13-7-9-15-45(37)54-47/h5-29,52H,1-4H3. The molecule has 264 valence electrons. The van der Waals surface area contributed by atoms with Crippen molar-refractivity contribution in [3.63, 3.8) is 0 Å². The molecular weight excluding hydrogens is 673 g/mol. The van der Waals surface area contributed by atoms with Crippen LogP contribution in [0.2, 0.25) is 0 Å². The first-order valence-electron chi connectivity index (χ1n) is 19.0. The maximum atomic E-state index is 6.50. The van der Waals surface area contributed by atoms with Crippen molar-refractivity contribution in [3.8, 4) is 16.8 Å². The Labute approximate surface area is 318 Å². The van der Waals surface area contributed by atoms with Gasteiger partial charge in [0.15, 0.2) is 0 Å². The minimum absolute atomic E-state index is 0.0862. The van der Waals surface area contributed by atoms with Crippen LogP contribution in [0, 0.1) is 6.92 Å². The molecule has 0 aliphatic heterocycles. The number of benzene rings is 8. The summed E-state index contributed by atoms with van der Waals surface area (Å²) < 4.78 is 15.2. The van der Waals surface area contributed by atoms with Gasteiger partial charge in [0.05, 0.1) is 11.0 Å². The fourth-order valence-corrected chi connectivity index (χ4v) is 8.74. The quantitative estimate of drug-likeness (QED) is 0.198. The SMILES string of the molecule is Cc1cc(-c2c(Nc3ccc(C(C)(C)C)cc3)ccc3ccccc23)cc2c1c1cc3c(cc1n2-c1ccc2oc4ccccc4c2c1)oc1ccccc13. The number of hydrogen-bond donors (Lipinski definition) is 1. The molecule has 0 radical (unpaired) electrons. The Morgan fingerprint density at radius 1 is 0.509 bits per heavy atom. The Morgan fingerprint density at radius 2 is 1.16 bits per heavy atom. The van der Waals surface area contributed by atoms with E-state index < -0.39 is 0 Å². The highest BCUT2D eigenvalue weighted by molar-refractivity contribution is 6.19. The molecule has 3 aromatic heterocycles. The van der Waals surface area contributed by atoms with Crippen molar-refractivity contribution in [1.82, 2.24) is 4.57 Å². The fraction of sp³-hybridized carbons (Fsp3) is 0.0980. The highest BCUT2D eigenvalue weighted by atomic mass is 16.3. The summed E-state index contributed by atoms with van der Waals surface area (Å²) in [4.78, 5) is 0. The van der Waals surface area contributed by atoms with Crippen LogP contribution in [0.25, 0.3) is 93.3 Å². The van der Waals surface area contributed by atoms with Crippen LogP contribution < -0.4 is 5.32 Å². The van der Waals surface area contributed by atoms with Crippen LogP contribution in [0.15, 0.2) is 160 Å². The van der Waals surface area contributed by atoms with Crippen molar-refractivity contribution in [3.05, 3.63) is 163 Å². The molecule has 1 N–H and O–H groups in total. The summed E-state index contributed by atoms with van der Waals surface area (Å²) in [5.74, 6) is 0. The van der Waals surface area contributed by atoms with Crippen LogP contribution in [0.4, 0.5) is 11.4 Å². The van der Waals surface area contributed by atoms with E-state index in [-0.39, 0.29) is 5.41 Å². The zero-order chi connectivity index (χ0) is 37.0. The van der Waals surface area contributed by atoms with E-state index in [1.165, 1.54) is 38.2 Å². The van der Waals surface area contributed by atoms with E-state index in [0.717, 1.165) is 77.5 Å². The molecule has 0 saturated heterocycles. The number of hydrogen-bond acceptors (Lipinski definition) is 3. The largest absolute Gasteiger partial charge is 0.456 e. The van der Waals surface area contributed by atoms with Crippen LogP contribution in [0.1, 0.15) is 31.9 Å². The zero-order valence-electron chi connectivity index (χ0n) is 31.2. The molecule has 8 aromatic carbocycles. The molecule has 11 aromatic rings. The van der Waals surface area contributed by atoms with Gasteiger partial charge in [0, 0.05) is 61.0 Å². The number of aryl methyl sites for hydroxylation is 1. The number of para-hydroxylation sites is 2. The van der Waals surface area contributed by atoms with Gasteiger partial charge in [-0.15, -0.1) is 0 Å². The lowest BCUT2D eigenvalue weighted by molar-refractivity contribution is 0.590. The molecule has 4 nitrogen and oxygen atoms in total. The van der Waals surface area contributed by atoms with E-state index in [4.69, 9.17) is 8.83 Å². The monoisotopic (exact) mass is 710 g/mol. The van der Waals surface area contributed by atoms with Crippen LogP contribution in [0.5, 0.6) is 0 Å². The Balaban J connectivity index is 1.20. The van der Waals surface area contributed by atoms with E-state index >= 15 is 0 Å². The number of rotatable bonds is 4.